The van der Waals surface area contributed by atoms with Gasteiger partial charge in [0.25, 0.3) is 5.91 Å². The molecule has 0 saturated heterocycles. The summed E-state index contributed by atoms with van der Waals surface area (Å²) >= 11 is 0. The monoisotopic (exact) mass is 221 g/mol. The Morgan fingerprint density at radius 3 is 2.62 bits per heavy atom. The number of hydrogen-bond donors (Lipinski definition) is 3. The second-order valence-corrected chi connectivity index (χ2v) is 3.33. The molecule has 1 aromatic rings. The highest BCUT2D eigenvalue weighted by Gasteiger charge is 2.11. The van der Waals surface area contributed by atoms with E-state index in [-0.39, 0.29) is 0 Å². The van der Waals surface area contributed by atoms with E-state index >= 15 is 0 Å². The third-order valence-corrected chi connectivity index (χ3v) is 2.14. The molecule has 3 amide bonds. The van der Waals surface area contributed by atoms with E-state index in [0.29, 0.717) is 5.56 Å². The molecule has 0 aliphatic rings. The number of amides is 3. The first-order valence-corrected chi connectivity index (χ1v) is 4.98. The van der Waals surface area contributed by atoms with E-state index in [1.807, 2.05) is 19.2 Å². The summed E-state index contributed by atoms with van der Waals surface area (Å²) in [6.45, 7) is 0.765. The maximum Gasteiger partial charge on any atom is 0.319 e. The Hall–Kier alpha value is -1.88. The van der Waals surface area contributed by atoms with Crippen molar-refractivity contribution in [2.45, 2.75) is 6.42 Å². The first kappa shape index (κ1) is 12.2. The van der Waals surface area contributed by atoms with Crippen LogP contribution in [0.5, 0.6) is 0 Å². The van der Waals surface area contributed by atoms with Crippen molar-refractivity contribution in [3.05, 3.63) is 35.4 Å². The lowest BCUT2D eigenvalue weighted by Gasteiger charge is -2.07. The number of urea groups is 1. The molecule has 0 aliphatic carbocycles. The maximum absolute atomic E-state index is 11.6. The van der Waals surface area contributed by atoms with Crippen molar-refractivity contribution in [1.29, 1.82) is 0 Å². The molecule has 1 rings (SSSR count). The van der Waals surface area contributed by atoms with Crippen LogP contribution in [0, 0.1) is 0 Å². The number of nitrogens with one attached hydrogen (secondary N) is 2. The Morgan fingerprint density at radius 2 is 2.00 bits per heavy atom. The Morgan fingerprint density at radius 1 is 1.31 bits per heavy atom. The second kappa shape index (κ2) is 5.87. The number of primary amides is 1. The molecular formula is C11H15N3O2. The largest absolute Gasteiger partial charge is 0.351 e. The number of benzene rings is 1. The summed E-state index contributed by atoms with van der Waals surface area (Å²) in [6, 6.07) is 6.29. The highest BCUT2D eigenvalue weighted by molar-refractivity contribution is 6.04. The quantitative estimate of drug-likeness (QED) is 0.681. The fourth-order valence-corrected chi connectivity index (χ4v) is 1.40. The topological polar surface area (TPSA) is 84.2 Å². The zero-order chi connectivity index (χ0) is 12.0. The molecule has 0 bridgehead atoms. The molecule has 0 fully saturated rings. The molecule has 1 aromatic carbocycles. The molecule has 4 N–H and O–H groups in total. The van der Waals surface area contributed by atoms with Gasteiger partial charge in [0.1, 0.15) is 0 Å². The van der Waals surface area contributed by atoms with Crippen molar-refractivity contribution in [2.75, 3.05) is 13.6 Å². The van der Waals surface area contributed by atoms with E-state index < -0.39 is 11.9 Å². The molecule has 5 heteroatoms. The number of likely N-dealkylation sites (N-methyl/N-ethyl adjacent to an activating group) is 1. The van der Waals surface area contributed by atoms with Crippen LogP contribution in [0.1, 0.15) is 15.9 Å². The fourth-order valence-electron chi connectivity index (χ4n) is 1.40. The van der Waals surface area contributed by atoms with E-state index in [4.69, 9.17) is 5.73 Å². The van der Waals surface area contributed by atoms with E-state index in [1.165, 1.54) is 0 Å². The molecule has 5 nitrogen and oxygen atoms in total. The average Bonchev–Trinajstić information content (AvgIpc) is 2.25. The van der Waals surface area contributed by atoms with Gasteiger partial charge in [0.05, 0.1) is 0 Å². The highest BCUT2D eigenvalue weighted by atomic mass is 16.2. The number of carbonyl (C=O) groups excluding carboxylic acids is 2. The van der Waals surface area contributed by atoms with Crippen LogP contribution < -0.4 is 16.4 Å². The standard InChI is InChI=1S/C11H15N3O2/c1-13-7-6-8-4-2-3-5-9(8)10(15)14-11(12)16/h2-5,13H,6-7H2,1H3,(H3,12,14,15,16). The van der Waals surface area contributed by atoms with Crippen molar-refractivity contribution >= 4 is 11.9 Å². The minimum absolute atomic E-state index is 0.459. The molecule has 0 aromatic heterocycles. The van der Waals surface area contributed by atoms with Gasteiger partial charge in [-0.3, -0.25) is 10.1 Å². The number of hydrogen-bond acceptors (Lipinski definition) is 3. The van der Waals surface area contributed by atoms with Crippen LogP contribution in [0.4, 0.5) is 4.79 Å². The Kier molecular flexibility index (Phi) is 4.47. The highest BCUT2D eigenvalue weighted by Crippen LogP contribution is 2.08. The van der Waals surface area contributed by atoms with E-state index in [2.05, 4.69) is 10.6 Å². The van der Waals surface area contributed by atoms with Gasteiger partial charge in [-0.15, -0.1) is 0 Å². The predicted molar refractivity (Wildman–Crippen MR) is 61.1 cm³/mol. The molecule has 0 atom stereocenters. The zero-order valence-corrected chi connectivity index (χ0v) is 9.12. The summed E-state index contributed by atoms with van der Waals surface area (Å²) in [5.74, 6) is -0.459. The smallest absolute Gasteiger partial charge is 0.319 e. The number of nitrogens with two attached hydrogens (primary N) is 1. The molecule has 0 unspecified atom stereocenters. The van der Waals surface area contributed by atoms with Gasteiger partial charge in [0.2, 0.25) is 0 Å². The van der Waals surface area contributed by atoms with Gasteiger partial charge >= 0.3 is 6.03 Å². The lowest BCUT2D eigenvalue weighted by atomic mass is 10.0. The van der Waals surface area contributed by atoms with E-state index in [9.17, 15) is 9.59 Å². The summed E-state index contributed by atoms with van der Waals surface area (Å²) in [5, 5.41) is 5.06. The lowest BCUT2D eigenvalue weighted by Crippen LogP contribution is -2.35. The molecule has 86 valence electrons. The van der Waals surface area contributed by atoms with Crippen LogP contribution in [0.3, 0.4) is 0 Å². The Labute approximate surface area is 94.0 Å². The molecule has 0 spiro atoms. The van der Waals surface area contributed by atoms with Crippen LogP contribution in [-0.4, -0.2) is 25.5 Å². The molecular weight excluding hydrogens is 206 g/mol. The molecule has 0 saturated carbocycles. The van der Waals surface area contributed by atoms with Crippen molar-refractivity contribution in [1.82, 2.24) is 10.6 Å². The predicted octanol–water partition coefficient (Wildman–Crippen LogP) is 0.257. The fraction of sp³-hybridized carbons (Fsp3) is 0.273. The summed E-state index contributed by atoms with van der Waals surface area (Å²) in [4.78, 5) is 22.2. The molecule has 0 heterocycles. The number of rotatable bonds is 4. The molecule has 16 heavy (non-hydrogen) atoms. The van der Waals surface area contributed by atoms with Crippen molar-refractivity contribution < 1.29 is 9.59 Å². The number of carbonyl (C=O) groups is 2. The Bertz CT molecular complexity index is 391. The van der Waals surface area contributed by atoms with Crippen LogP contribution in [0.15, 0.2) is 24.3 Å². The minimum Gasteiger partial charge on any atom is -0.351 e. The van der Waals surface area contributed by atoms with Crippen molar-refractivity contribution in [3.8, 4) is 0 Å². The summed E-state index contributed by atoms with van der Waals surface area (Å²) in [6.07, 6.45) is 0.721. The maximum atomic E-state index is 11.6. The van der Waals surface area contributed by atoms with Gasteiger partial charge in [-0.2, -0.15) is 0 Å². The van der Waals surface area contributed by atoms with Crippen LogP contribution in [-0.2, 0) is 6.42 Å². The van der Waals surface area contributed by atoms with Crippen LogP contribution in [0.25, 0.3) is 0 Å². The lowest BCUT2D eigenvalue weighted by molar-refractivity contribution is 0.0965. The van der Waals surface area contributed by atoms with Gasteiger partial charge in [0.15, 0.2) is 0 Å². The average molecular weight is 221 g/mol. The SMILES string of the molecule is CNCCc1ccccc1C(=O)NC(N)=O. The van der Waals surface area contributed by atoms with E-state index in [0.717, 1.165) is 18.5 Å². The van der Waals surface area contributed by atoms with Crippen molar-refractivity contribution in [3.63, 3.8) is 0 Å². The number of imide groups is 1. The van der Waals surface area contributed by atoms with Crippen LogP contribution >= 0.6 is 0 Å². The minimum atomic E-state index is -0.839. The van der Waals surface area contributed by atoms with Gasteiger partial charge < -0.3 is 11.1 Å². The van der Waals surface area contributed by atoms with Crippen LogP contribution in [0.2, 0.25) is 0 Å². The van der Waals surface area contributed by atoms with Gasteiger partial charge in [-0.25, -0.2) is 4.79 Å². The summed E-state index contributed by atoms with van der Waals surface area (Å²) in [5.41, 5.74) is 6.27. The van der Waals surface area contributed by atoms with E-state index in [1.54, 1.807) is 12.1 Å². The zero-order valence-electron chi connectivity index (χ0n) is 9.12. The first-order chi connectivity index (χ1) is 7.65. The molecule has 0 aliphatic heterocycles. The second-order valence-electron chi connectivity index (χ2n) is 3.33. The summed E-state index contributed by atoms with van der Waals surface area (Å²) < 4.78 is 0. The van der Waals surface area contributed by atoms with Gasteiger partial charge in [-0.05, 0) is 31.6 Å². The third kappa shape index (κ3) is 3.36. The normalized spacial score (nSPS) is 9.81. The third-order valence-electron chi connectivity index (χ3n) is 2.14. The first-order valence-electron chi connectivity index (χ1n) is 4.98. The van der Waals surface area contributed by atoms with Gasteiger partial charge in [0, 0.05) is 5.56 Å². The van der Waals surface area contributed by atoms with Crippen molar-refractivity contribution in [2.24, 2.45) is 5.73 Å². The molecule has 0 radical (unpaired) electrons. The van der Waals surface area contributed by atoms with Gasteiger partial charge in [-0.1, -0.05) is 18.2 Å². The summed E-state index contributed by atoms with van der Waals surface area (Å²) in [7, 11) is 1.84. The Balaban J connectivity index is 2.85.